The summed E-state index contributed by atoms with van der Waals surface area (Å²) >= 11 is 0.785. The Bertz CT molecular complexity index is 772. The zero-order chi connectivity index (χ0) is 16.9. The Labute approximate surface area is 137 Å². The van der Waals surface area contributed by atoms with Crippen LogP contribution < -0.4 is 14.8 Å². The van der Waals surface area contributed by atoms with Crippen molar-refractivity contribution in [2.45, 2.75) is 24.6 Å². The number of rotatable bonds is 7. The van der Waals surface area contributed by atoms with Crippen LogP contribution in [0.5, 0.6) is 5.75 Å². The molecule has 1 heterocycles. The van der Waals surface area contributed by atoms with Crippen molar-refractivity contribution in [3.05, 3.63) is 24.3 Å². The highest BCUT2D eigenvalue weighted by Crippen LogP contribution is 2.23. The average Bonchev–Trinajstić information content (AvgIpc) is 2.98. The van der Waals surface area contributed by atoms with Gasteiger partial charge in [-0.15, -0.1) is 10.2 Å². The number of hydrogen-bond acceptors (Lipinski definition) is 7. The number of nitrogens with one attached hydrogen (secondary N) is 2. The molecular formula is C13H16N4O4S2. The number of sulfonamides is 1. The van der Waals surface area contributed by atoms with Crippen LogP contribution in [0, 0.1) is 0 Å². The zero-order valence-corrected chi connectivity index (χ0v) is 14.2. The lowest BCUT2D eigenvalue weighted by Crippen LogP contribution is -2.12. The van der Waals surface area contributed by atoms with E-state index in [1.807, 2.05) is 6.92 Å². The lowest BCUT2D eigenvalue weighted by Gasteiger charge is -2.06. The highest BCUT2D eigenvalue weighted by molar-refractivity contribution is 7.94. The zero-order valence-electron chi connectivity index (χ0n) is 12.6. The lowest BCUT2D eigenvalue weighted by molar-refractivity contribution is -0.115. The molecule has 1 aromatic carbocycles. The van der Waals surface area contributed by atoms with E-state index in [1.54, 1.807) is 31.2 Å². The Morgan fingerprint density at radius 1 is 1.22 bits per heavy atom. The summed E-state index contributed by atoms with van der Waals surface area (Å²) in [5, 5.41) is 9.85. The number of nitrogens with zero attached hydrogens (tertiary/aromatic N) is 2. The van der Waals surface area contributed by atoms with Gasteiger partial charge in [0, 0.05) is 12.1 Å². The second-order valence-electron chi connectivity index (χ2n) is 4.34. The van der Waals surface area contributed by atoms with Gasteiger partial charge < -0.3 is 10.1 Å². The number of aromatic nitrogens is 2. The van der Waals surface area contributed by atoms with Gasteiger partial charge in [0.05, 0.1) is 6.61 Å². The van der Waals surface area contributed by atoms with Gasteiger partial charge in [0.25, 0.3) is 14.4 Å². The second kappa shape index (κ2) is 7.38. The van der Waals surface area contributed by atoms with E-state index in [0.29, 0.717) is 18.0 Å². The Hall–Kier alpha value is -2.20. The maximum Gasteiger partial charge on any atom is 0.291 e. The number of anilines is 2. The molecule has 0 bridgehead atoms. The fourth-order valence-corrected chi connectivity index (χ4v) is 3.54. The van der Waals surface area contributed by atoms with Crippen LogP contribution in [0.3, 0.4) is 0 Å². The molecule has 0 aliphatic carbocycles. The minimum Gasteiger partial charge on any atom is -0.494 e. The molecule has 0 saturated heterocycles. The van der Waals surface area contributed by atoms with Gasteiger partial charge in [-0.05, 0) is 31.2 Å². The Morgan fingerprint density at radius 2 is 1.91 bits per heavy atom. The van der Waals surface area contributed by atoms with Crippen LogP contribution in [0.25, 0.3) is 0 Å². The molecule has 8 nitrogen and oxygen atoms in total. The van der Waals surface area contributed by atoms with Gasteiger partial charge >= 0.3 is 0 Å². The van der Waals surface area contributed by atoms with Gasteiger partial charge in [-0.2, -0.15) is 8.42 Å². The summed E-state index contributed by atoms with van der Waals surface area (Å²) in [6.07, 6.45) is 0.270. The molecule has 0 spiro atoms. The van der Waals surface area contributed by atoms with E-state index in [0.717, 1.165) is 11.3 Å². The van der Waals surface area contributed by atoms with Crippen molar-refractivity contribution in [3.63, 3.8) is 0 Å². The number of carbonyl (C=O) groups is 1. The summed E-state index contributed by atoms with van der Waals surface area (Å²) in [4.78, 5) is 11.3. The molecule has 0 saturated carbocycles. The Kier molecular flexibility index (Phi) is 5.50. The minimum absolute atomic E-state index is 0.143. The molecule has 2 N–H and O–H groups in total. The second-order valence-corrected chi connectivity index (χ2v) is 7.17. The molecule has 2 rings (SSSR count). The van der Waals surface area contributed by atoms with E-state index < -0.39 is 10.0 Å². The maximum absolute atomic E-state index is 12.2. The fourth-order valence-electron chi connectivity index (χ4n) is 1.56. The van der Waals surface area contributed by atoms with Crippen LogP contribution >= 0.6 is 11.3 Å². The third-order valence-electron chi connectivity index (χ3n) is 2.62. The van der Waals surface area contributed by atoms with Crippen LogP contribution in [0.2, 0.25) is 0 Å². The summed E-state index contributed by atoms with van der Waals surface area (Å²) in [7, 11) is -3.86. The molecule has 0 aliphatic heterocycles. The molecule has 0 atom stereocenters. The summed E-state index contributed by atoms with van der Waals surface area (Å²) < 4.78 is 31.9. The minimum atomic E-state index is -3.86. The van der Waals surface area contributed by atoms with Crippen molar-refractivity contribution in [1.82, 2.24) is 10.2 Å². The van der Waals surface area contributed by atoms with E-state index in [9.17, 15) is 13.2 Å². The van der Waals surface area contributed by atoms with Crippen molar-refractivity contribution in [1.29, 1.82) is 0 Å². The van der Waals surface area contributed by atoms with Crippen molar-refractivity contribution in [2.75, 3.05) is 16.6 Å². The first-order valence-electron chi connectivity index (χ1n) is 6.83. The predicted octanol–water partition coefficient (Wildman–Crippen LogP) is 2.09. The van der Waals surface area contributed by atoms with E-state index in [1.165, 1.54) is 0 Å². The van der Waals surface area contributed by atoms with E-state index in [2.05, 4.69) is 20.2 Å². The molecule has 124 valence electrons. The van der Waals surface area contributed by atoms with Gasteiger partial charge in [0.2, 0.25) is 11.0 Å². The molecule has 10 heteroatoms. The smallest absolute Gasteiger partial charge is 0.291 e. The fraction of sp³-hybridized carbons (Fsp3) is 0.308. The summed E-state index contributed by atoms with van der Waals surface area (Å²) in [5.41, 5.74) is 0.378. The predicted molar refractivity (Wildman–Crippen MR) is 87.2 cm³/mol. The highest BCUT2D eigenvalue weighted by Gasteiger charge is 2.21. The highest BCUT2D eigenvalue weighted by atomic mass is 32.2. The van der Waals surface area contributed by atoms with Crippen molar-refractivity contribution in [2.24, 2.45) is 0 Å². The third-order valence-corrected chi connectivity index (χ3v) is 5.21. The first-order valence-corrected chi connectivity index (χ1v) is 9.13. The molecular weight excluding hydrogens is 340 g/mol. The largest absolute Gasteiger partial charge is 0.494 e. The number of amides is 1. The SMILES string of the molecule is CCOc1ccc(NS(=O)(=O)c2nnc(NC(=O)CC)s2)cc1. The van der Waals surface area contributed by atoms with Gasteiger partial charge in [-0.1, -0.05) is 18.3 Å². The number of benzene rings is 1. The summed E-state index contributed by atoms with van der Waals surface area (Å²) in [6, 6.07) is 6.50. The van der Waals surface area contributed by atoms with Gasteiger partial charge in [-0.25, -0.2) is 0 Å². The van der Waals surface area contributed by atoms with Crippen LogP contribution in [0.1, 0.15) is 20.3 Å². The van der Waals surface area contributed by atoms with Gasteiger partial charge in [0.15, 0.2) is 0 Å². The van der Waals surface area contributed by atoms with Crippen LogP contribution in [-0.4, -0.2) is 31.1 Å². The molecule has 1 aromatic heterocycles. The normalized spacial score (nSPS) is 11.0. The Morgan fingerprint density at radius 3 is 2.52 bits per heavy atom. The average molecular weight is 356 g/mol. The summed E-state index contributed by atoms with van der Waals surface area (Å²) in [5.74, 6) is 0.389. The maximum atomic E-state index is 12.2. The number of carbonyl (C=O) groups excluding carboxylic acids is 1. The molecule has 23 heavy (non-hydrogen) atoms. The van der Waals surface area contributed by atoms with E-state index >= 15 is 0 Å². The van der Waals surface area contributed by atoms with E-state index in [-0.39, 0.29) is 21.8 Å². The van der Waals surface area contributed by atoms with Crippen LogP contribution in [0.15, 0.2) is 28.6 Å². The topological polar surface area (TPSA) is 110 Å². The van der Waals surface area contributed by atoms with Gasteiger partial charge in [0.1, 0.15) is 5.75 Å². The van der Waals surface area contributed by atoms with Crippen LogP contribution in [0.4, 0.5) is 10.8 Å². The molecule has 1 amide bonds. The van der Waals surface area contributed by atoms with Crippen LogP contribution in [-0.2, 0) is 14.8 Å². The van der Waals surface area contributed by atoms with Crippen molar-refractivity contribution >= 4 is 38.1 Å². The van der Waals surface area contributed by atoms with E-state index in [4.69, 9.17) is 4.74 Å². The number of ether oxygens (including phenoxy) is 1. The first-order chi connectivity index (χ1) is 10.9. The van der Waals surface area contributed by atoms with Crippen molar-refractivity contribution in [3.8, 4) is 5.75 Å². The third kappa shape index (κ3) is 4.63. The summed E-state index contributed by atoms with van der Waals surface area (Å²) in [6.45, 7) is 4.07. The molecule has 0 fully saturated rings. The van der Waals surface area contributed by atoms with Crippen molar-refractivity contribution < 1.29 is 17.9 Å². The monoisotopic (exact) mass is 356 g/mol. The Balaban J connectivity index is 2.10. The molecule has 2 aromatic rings. The number of hydrogen-bond donors (Lipinski definition) is 2. The quantitative estimate of drug-likeness (QED) is 0.735. The van der Waals surface area contributed by atoms with Gasteiger partial charge in [-0.3, -0.25) is 9.52 Å². The molecule has 0 aliphatic rings. The molecule has 0 radical (unpaired) electrons. The molecule has 0 unspecified atom stereocenters. The lowest BCUT2D eigenvalue weighted by atomic mass is 10.3. The first kappa shape index (κ1) is 17.2. The standard InChI is InChI=1S/C13H16N4O4S2/c1-3-11(18)14-12-15-16-13(22-12)23(19,20)17-9-5-7-10(8-6-9)21-4-2/h5-8,17H,3-4H2,1-2H3,(H,14,15,18).